The fraction of sp³-hybridized carbons (Fsp3) is 0.269. The molecular formula is C26H29N3O3S. The molecule has 1 amide bonds. The number of hydrogen-bond acceptors (Lipinski definition) is 4. The first-order valence-electron chi connectivity index (χ1n) is 11.1. The molecule has 172 valence electrons. The summed E-state index contributed by atoms with van der Waals surface area (Å²) in [6, 6.07) is 22.8. The Morgan fingerprint density at radius 1 is 0.909 bits per heavy atom. The standard InChI is InChI=1S/C26H29N3O3S/c1-27(33(31,32)25-14-13-23-11-5-6-12-24(23)20-25)21-26(30)29-18-16-28(17-19-29)15-7-10-22-8-3-2-4-9-22/h2-14,20H,15-19,21H2,1H3/b10-7+. The monoisotopic (exact) mass is 463 g/mol. The second kappa shape index (κ2) is 10.3. The van der Waals surface area contributed by atoms with Gasteiger partial charge in [0, 0.05) is 39.8 Å². The maximum atomic E-state index is 13.0. The van der Waals surface area contributed by atoms with Crippen LogP contribution in [0.1, 0.15) is 5.56 Å². The molecule has 1 aliphatic rings. The third-order valence-electron chi connectivity index (χ3n) is 5.99. The van der Waals surface area contributed by atoms with Crippen LogP contribution in [0.2, 0.25) is 0 Å². The van der Waals surface area contributed by atoms with Crippen LogP contribution in [0.3, 0.4) is 0 Å². The van der Waals surface area contributed by atoms with Crippen molar-refractivity contribution in [2.24, 2.45) is 0 Å². The van der Waals surface area contributed by atoms with Crippen LogP contribution in [-0.4, -0.2) is 74.7 Å². The second-order valence-corrected chi connectivity index (χ2v) is 10.3. The largest absolute Gasteiger partial charge is 0.339 e. The molecule has 7 heteroatoms. The fourth-order valence-corrected chi connectivity index (χ4v) is 5.12. The van der Waals surface area contributed by atoms with Gasteiger partial charge in [0.05, 0.1) is 11.4 Å². The smallest absolute Gasteiger partial charge is 0.243 e. The van der Waals surface area contributed by atoms with Crippen molar-refractivity contribution in [3.05, 3.63) is 84.4 Å². The van der Waals surface area contributed by atoms with Crippen LogP contribution in [0.4, 0.5) is 0 Å². The van der Waals surface area contributed by atoms with Crippen molar-refractivity contribution in [2.45, 2.75) is 4.90 Å². The van der Waals surface area contributed by atoms with Crippen LogP contribution in [0.5, 0.6) is 0 Å². The van der Waals surface area contributed by atoms with E-state index in [1.54, 1.807) is 23.1 Å². The molecule has 0 bridgehead atoms. The lowest BCUT2D eigenvalue weighted by Gasteiger charge is -2.34. The van der Waals surface area contributed by atoms with Crippen molar-refractivity contribution in [2.75, 3.05) is 46.3 Å². The Hall–Kier alpha value is -3.00. The van der Waals surface area contributed by atoms with Gasteiger partial charge in [-0.25, -0.2) is 8.42 Å². The Labute approximate surface area is 195 Å². The summed E-state index contributed by atoms with van der Waals surface area (Å²) in [7, 11) is -2.28. The van der Waals surface area contributed by atoms with Gasteiger partial charge in [-0.05, 0) is 28.5 Å². The number of likely N-dealkylation sites (N-methyl/N-ethyl adjacent to an activating group) is 1. The van der Waals surface area contributed by atoms with Gasteiger partial charge in [-0.1, -0.05) is 72.8 Å². The van der Waals surface area contributed by atoms with Gasteiger partial charge in [0.2, 0.25) is 15.9 Å². The van der Waals surface area contributed by atoms with Crippen molar-refractivity contribution >= 4 is 32.8 Å². The third-order valence-corrected chi connectivity index (χ3v) is 7.78. The number of benzene rings is 3. The van der Waals surface area contributed by atoms with Crippen LogP contribution in [0.15, 0.2) is 83.8 Å². The minimum Gasteiger partial charge on any atom is -0.339 e. The predicted molar refractivity (Wildman–Crippen MR) is 132 cm³/mol. The lowest BCUT2D eigenvalue weighted by Crippen LogP contribution is -2.51. The summed E-state index contributed by atoms with van der Waals surface area (Å²) in [5, 5.41) is 1.84. The summed E-state index contributed by atoms with van der Waals surface area (Å²) in [6.45, 7) is 3.40. The molecule has 4 rings (SSSR count). The Morgan fingerprint density at radius 3 is 2.30 bits per heavy atom. The first-order chi connectivity index (χ1) is 15.9. The maximum absolute atomic E-state index is 13.0. The summed E-state index contributed by atoms with van der Waals surface area (Å²) < 4.78 is 27.2. The van der Waals surface area contributed by atoms with Gasteiger partial charge < -0.3 is 4.90 Å². The molecule has 0 spiro atoms. The minimum atomic E-state index is -3.75. The molecule has 0 atom stereocenters. The number of fused-ring (bicyclic) bond motifs is 1. The van der Waals surface area contributed by atoms with Crippen molar-refractivity contribution in [1.82, 2.24) is 14.1 Å². The van der Waals surface area contributed by atoms with E-state index in [-0.39, 0.29) is 17.3 Å². The Bertz CT molecular complexity index is 1230. The van der Waals surface area contributed by atoms with E-state index < -0.39 is 10.0 Å². The summed E-state index contributed by atoms with van der Waals surface area (Å²) >= 11 is 0. The van der Waals surface area contributed by atoms with Gasteiger partial charge in [-0.15, -0.1) is 0 Å². The fourth-order valence-electron chi connectivity index (χ4n) is 3.97. The molecule has 0 saturated carbocycles. The van der Waals surface area contributed by atoms with E-state index in [9.17, 15) is 13.2 Å². The van der Waals surface area contributed by atoms with Crippen LogP contribution in [0, 0.1) is 0 Å². The van der Waals surface area contributed by atoms with E-state index in [4.69, 9.17) is 0 Å². The summed E-state index contributed by atoms with van der Waals surface area (Å²) in [5.74, 6) is -0.165. The van der Waals surface area contributed by atoms with Crippen molar-refractivity contribution < 1.29 is 13.2 Å². The molecule has 6 nitrogen and oxygen atoms in total. The number of amides is 1. The van der Waals surface area contributed by atoms with Crippen molar-refractivity contribution in [3.8, 4) is 0 Å². The number of carbonyl (C=O) groups excluding carboxylic acids is 1. The highest BCUT2D eigenvalue weighted by Crippen LogP contribution is 2.21. The Morgan fingerprint density at radius 2 is 1.58 bits per heavy atom. The average Bonchev–Trinajstić information content (AvgIpc) is 2.84. The average molecular weight is 464 g/mol. The zero-order chi connectivity index (χ0) is 23.3. The number of sulfonamides is 1. The summed E-state index contributed by atoms with van der Waals surface area (Å²) in [4.78, 5) is 17.0. The van der Waals surface area contributed by atoms with Gasteiger partial charge in [0.15, 0.2) is 0 Å². The normalized spacial score (nSPS) is 15.5. The third kappa shape index (κ3) is 5.68. The SMILES string of the molecule is CN(CC(=O)N1CCN(C/C=C/c2ccccc2)CC1)S(=O)(=O)c1ccc2ccccc2c1. The molecule has 0 radical (unpaired) electrons. The van der Waals surface area contributed by atoms with Crippen molar-refractivity contribution in [1.29, 1.82) is 0 Å². The van der Waals surface area contributed by atoms with E-state index in [2.05, 4.69) is 29.2 Å². The minimum absolute atomic E-state index is 0.164. The van der Waals surface area contributed by atoms with E-state index in [0.29, 0.717) is 13.1 Å². The maximum Gasteiger partial charge on any atom is 0.243 e. The Balaban J connectivity index is 1.30. The molecule has 3 aromatic rings. The highest BCUT2D eigenvalue weighted by atomic mass is 32.2. The topological polar surface area (TPSA) is 60.9 Å². The summed E-state index contributed by atoms with van der Waals surface area (Å²) in [6.07, 6.45) is 4.24. The molecule has 33 heavy (non-hydrogen) atoms. The quantitative estimate of drug-likeness (QED) is 0.539. The number of rotatable bonds is 7. The highest BCUT2D eigenvalue weighted by molar-refractivity contribution is 7.89. The van der Waals surface area contributed by atoms with Gasteiger partial charge in [-0.3, -0.25) is 9.69 Å². The molecule has 1 heterocycles. The lowest BCUT2D eigenvalue weighted by atomic mass is 10.1. The first-order valence-corrected chi connectivity index (χ1v) is 12.5. The van der Waals surface area contributed by atoms with Crippen molar-refractivity contribution in [3.63, 3.8) is 0 Å². The zero-order valence-electron chi connectivity index (χ0n) is 18.8. The van der Waals surface area contributed by atoms with Crippen LogP contribution in [0.25, 0.3) is 16.8 Å². The number of carbonyl (C=O) groups is 1. The van der Waals surface area contributed by atoms with E-state index in [1.807, 2.05) is 42.5 Å². The number of nitrogens with zero attached hydrogens (tertiary/aromatic N) is 3. The number of piperazine rings is 1. The van der Waals surface area contributed by atoms with Gasteiger partial charge in [0.25, 0.3) is 0 Å². The highest BCUT2D eigenvalue weighted by Gasteiger charge is 2.27. The van der Waals surface area contributed by atoms with E-state index in [1.165, 1.54) is 12.6 Å². The summed E-state index contributed by atoms with van der Waals surface area (Å²) in [5.41, 5.74) is 1.17. The van der Waals surface area contributed by atoms with Crippen LogP contribution >= 0.6 is 0 Å². The molecule has 0 N–H and O–H groups in total. The van der Waals surface area contributed by atoms with Gasteiger partial charge >= 0.3 is 0 Å². The lowest BCUT2D eigenvalue weighted by molar-refractivity contribution is -0.132. The molecule has 0 aromatic heterocycles. The second-order valence-electron chi connectivity index (χ2n) is 8.26. The molecule has 1 fully saturated rings. The van der Waals surface area contributed by atoms with E-state index in [0.717, 1.165) is 34.7 Å². The van der Waals surface area contributed by atoms with Crippen LogP contribution < -0.4 is 0 Å². The molecule has 3 aromatic carbocycles. The molecule has 0 unspecified atom stereocenters. The Kier molecular flexibility index (Phi) is 7.23. The molecule has 0 aliphatic carbocycles. The number of hydrogen-bond donors (Lipinski definition) is 0. The molecule has 1 saturated heterocycles. The van der Waals surface area contributed by atoms with Gasteiger partial charge in [-0.2, -0.15) is 4.31 Å². The zero-order valence-corrected chi connectivity index (χ0v) is 19.6. The van der Waals surface area contributed by atoms with E-state index >= 15 is 0 Å². The van der Waals surface area contributed by atoms with Gasteiger partial charge in [0.1, 0.15) is 0 Å². The first kappa shape index (κ1) is 23.2. The predicted octanol–water partition coefficient (Wildman–Crippen LogP) is 3.32. The molecular weight excluding hydrogens is 434 g/mol. The van der Waals surface area contributed by atoms with Crippen LogP contribution in [-0.2, 0) is 14.8 Å². The molecule has 1 aliphatic heterocycles.